The van der Waals surface area contributed by atoms with Gasteiger partial charge in [0.05, 0.1) is 5.56 Å². The minimum absolute atomic E-state index is 0.230. The second-order valence-corrected chi connectivity index (χ2v) is 6.27. The minimum atomic E-state index is -0.818. The van der Waals surface area contributed by atoms with E-state index in [2.05, 4.69) is 21.7 Å². The zero-order valence-electron chi connectivity index (χ0n) is 14.4. The van der Waals surface area contributed by atoms with Crippen molar-refractivity contribution in [3.63, 3.8) is 0 Å². The summed E-state index contributed by atoms with van der Waals surface area (Å²) in [5.41, 5.74) is 1.25. The Morgan fingerprint density at radius 3 is 2.58 bits per heavy atom. The van der Waals surface area contributed by atoms with Crippen molar-refractivity contribution in [1.29, 1.82) is 0 Å². The summed E-state index contributed by atoms with van der Waals surface area (Å²) in [4.78, 5) is 16.3. The predicted molar refractivity (Wildman–Crippen MR) is 98.2 cm³/mol. The number of nitrogens with zero attached hydrogens (tertiary/aromatic N) is 1. The molecule has 0 unspecified atom stereocenters. The van der Waals surface area contributed by atoms with Crippen molar-refractivity contribution in [1.82, 2.24) is 4.98 Å². The maximum Gasteiger partial charge on any atom is 0.257 e. The van der Waals surface area contributed by atoms with E-state index in [1.54, 1.807) is 12.1 Å². The van der Waals surface area contributed by atoms with Crippen LogP contribution in [0.25, 0.3) is 0 Å². The number of pyridine rings is 1. The molecule has 1 aliphatic rings. The van der Waals surface area contributed by atoms with Crippen LogP contribution in [-0.2, 0) is 0 Å². The van der Waals surface area contributed by atoms with E-state index in [-0.39, 0.29) is 5.56 Å². The lowest BCUT2D eigenvalue weighted by molar-refractivity contribution is 0.102. The third-order valence-corrected chi connectivity index (χ3v) is 4.36. The van der Waals surface area contributed by atoms with Crippen LogP contribution in [0.15, 0.2) is 48.2 Å². The highest BCUT2D eigenvalue weighted by Crippen LogP contribution is 2.21. The number of amides is 1. The second-order valence-electron chi connectivity index (χ2n) is 6.27. The van der Waals surface area contributed by atoms with Crippen molar-refractivity contribution in [2.75, 3.05) is 17.2 Å². The number of hydrogen-bond acceptors (Lipinski definition) is 3. The molecule has 1 aromatic carbocycles. The van der Waals surface area contributed by atoms with Crippen LogP contribution in [0, 0.1) is 11.6 Å². The fraction of sp³-hybridized carbons (Fsp3) is 0.300. The third kappa shape index (κ3) is 4.65. The molecular weight excluding hydrogens is 336 g/mol. The summed E-state index contributed by atoms with van der Waals surface area (Å²) in [5.74, 6) is -1.58. The van der Waals surface area contributed by atoms with E-state index in [0.29, 0.717) is 5.82 Å². The molecule has 1 aliphatic carbocycles. The molecule has 1 heterocycles. The zero-order chi connectivity index (χ0) is 18.4. The van der Waals surface area contributed by atoms with Gasteiger partial charge in [0.15, 0.2) is 0 Å². The van der Waals surface area contributed by atoms with Crippen LogP contribution in [0.3, 0.4) is 0 Å². The molecule has 2 N–H and O–H groups in total. The molecule has 0 aliphatic heterocycles. The Hall–Kier alpha value is -2.76. The molecule has 0 bridgehead atoms. The fourth-order valence-electron chi connectivity index (χ4n) is 2.92. The van der Waals surface area contributed by atoms with Crippen molar-refractivity contribution >= 4 is 17.4 Å². The molecule has 4 nitrogen and oxygen atoms in total. The van der Waals surface area contributed by atoms with Crippen LogP contribution in [0.1, 0.15) is 42.5 Å². The van der Waals surface area contributed by atoms with E-state index in [4.69, 9.17) is 0 Å². The summed E-state index contributed by atoms with van der Waals surface area (Å²) in [6, 6.07) is 6.67. The number of halogens is 2. The van der Waals surface area contributed by atoms with Crippen LogP contribution in [0.5, 0.6) is 0 Å². The van der Waals surface area contributed by atoms with Gasteiger partial charge in [0.25, 0.3) is 5.91 Å². The van der Waals surface area contributed by atoms with E-state index in [1.165, 1.54) is 43.5 Å². The quantitative estimate of drug-likeness (QED) is 0.722. The Morgan fingerprint density at radius 2 is 1.92 bits per heavy atom. The highest BCUT2D eigenvalue weighted by atomic mass is 19.1. The number of benzene rings is 1. The molecule has 0 radical (unpaired) electrons. The number of para-hydroxylation sites is 1. The number of rotatable bonds is 6. The summed E-state index contributed by atoms with van der Waals surface area (Å²) in [6.07, 6.45) is 9.55. The van der Waals surface area contributed by atoms with Gasteiger partial charge in [-0.3, -0.25) is 4.79 Å². The third-order valence-electron chi connectivity index (χ3n) is 4.36. The molecule has 6 heteroatoms. The average molecular weight is 357 g/mol. The largest absolute Gasteiger partial charge is 0.370 e. The minimum Gasteiger partial charge on any atom is -0.370 e. The van der Waals surface area contributed by atoms with E-state index in [9.17, 15) is 13.6 Å². The molecule has 2 aromatic rings. The van der Waals surface area contributed by atoms with Gasteiger partial charge in [-0.25, -0.2) is 13.8 Å². The number of carbonyl (C=O) groups is 1. The number of allylic oxidation sites excluding steroid dienone is 1. The average Bonchev–Trinajstić information content (AvgIpc) is 2.66. The SMILES string of the molecule is O=C(Nc1c(F)cccc1F)c1ccc(NCCC2=CCCCC2)nc1. The maximum atomic E-state index is 13.6. The molecule has 136 valence electrons. The van der Waals surface area contributed by atoms with Gasteiger partial charge in [-0.15, -0.1) is 0 Å². The molecule has 1 amide bonds. The van der Waals surface area contributed by atoms with Crippen molar-refractivity contribution in [3.05, 3.63) is 65.4 Å². The molecule has 26 heavy (non-hydrogen) atoms. The lowest BCUT2D eigenvalue weighted by Crippen LogP contribution is -2.15. The fourth-order valence-corrected chi connectivity index (χ4v) is 2.92. The first-order valence-electron chi connectivity index (χ1n) is 8.76. The lowest BCUT2D eigenvalue weighted by atomic mass is 9.97. The van der Waals surface area contributed by atoms with Gasteiger partial charge in [-0.2, -0.15) is 0 Å². The number of hydrogen-bond donors (Lipinski definition) is 2. The number of anilines is 2. The Morgan fingerprint density at radius 1 is 1.12 bits per heavy atom. The van der Waals surface area contributed by atoms with Crippen LogP contribution in [0.4, 0.5) is 20.3 Å². The Bertz CT molecular complexity index is 783. The summed E-state index contributed by atoms with van der Waals surface area (Å²) in [6.45, 7) is 0.783. The van der Waals surface area contributed by atoms with Gasteiger partial charge in [0.2, 0.25) is 0 Å². The molecule has 0 spiro atoms. The number of nitrogens with one attached hydrogen (secondary N) is 2. The molecule has 0 atom stereocenters. The molecule has 3 rings (SSSR count). The van der Waals surface area contributed by atoms with E-state index in [0.717, 1.165) is 25.1 Å². The second kappa shape index (κ2) is 8.56. The normalized spacial score (nSPS) is 13.8. The topological polar surface area (TPSA) is 54.0 Å². The molecular formula is C20H21F2N3O. The van der Waals surface area contributed by atoms with Gasteiger partial charge in [-0.1, -0.05) is 17.7 Å². The van der Waals surface area contributed by atoms with Gasteiger partial charge in [0, 0.05) is 12.7 Å². The van der Waals surface area contributed by atoms with Gasteiger partial charge in [-0.05, 0) is 56.4 Å². The first kappa shape index (κ1) is 18.0. The van der Waals surface area contributed by atoms with Crippen molar-refractivity contribution in [2.24, 2.45) is 0 Å². The molecule has 1 aromatic heterocycles. The van der Waals surface area contributed by atoms with Crippen molar-refractivity contribution in [3.8, 4) is 0 Å². The Labute approximate surface area is 151 Å². The molecule has 0 fully saturated rings. The van der Waals surface area contributed by atoms with E-state index >= 15 is 0 Å². The Balaban J connectivity index is 1.55. The zero-order valence-corrected chi connectivity index (χ0v) is 14.4. The maximum absolute atomic E-state index is 13.6. The smallest absolute Gasteiger partial charge is 0.257 e. The van der Waals surface area contributed by atoms with Crippen LogP contribution in [-0.4, -0.2) is 17.4 Å². The molecule has 0 saturated heterocycles. The first-order chi connectivity index (χ1) is 12.6. The van der Waals surface area contributed by atoms with E-state index in [1.807, 2.05) is 0 Å². The highest BCUT2D eigenvalue weighted by Gasteiger charge is 2.13. The van der Waals surface area contributed by atoms with Crippen LogP contribution >= 0.6 is 0 Å². The Kier molecular flexibility index (Phi) is 5.94. The summed E-state index contributed by atoms with van der Waals surface area (Å²) in [5, 5.41) is 5.47. The summed E-state index contributed by atoms with van der Waals surface area (Å²) < 4.78 is 27.2. The first-order valence-corrected chi connectivity index (χ1v) is 8.76. The van der Waals surface area contributed by atoms with Gasteiger partial charge in [0.1, 0.15) is 23.1 Å². The monoisotopic (exact) mass is 357 g/mol. The van der Waals surface area contributed by atoms with Crippen LogP contribution in [0.2, 0.25) is 0 Å². The van der Waals surface area contributed by atoms with Crippen molar-refractivity contribution < 1.29 is 13.6 Å². The number of aromatic nitrogens is 1. The van der Waals surface area contributed by atoms with Crippen molar-refractivity contribution in [2.45, 2.75) is 32.1 Å². The van der Waals surface area contributed by atoms with Gasteiger partial charge < -0.3 is 10.6 Å². The van der Waals surface area contributed by atoms with Gasteiger partial charge >= 0.3 is 0 Å². The van der Waals surface area contributed by atoms with E-state index < -0.39 is 23.2 Å². The van der Waals surface area contributed by atoms with Crippen LogP contribution < -0.4 is 10.6 Å². The summed E-state index contributed by atoms with van der Waals surface area (Å²) in [7, 11) is 0. The standard InChI is InChI=1S/C20H21F2N3O/c21-16-7-4-8-17(22)19(16)25-20(26)15-9-10-18(24-13-15)23-12-11-14-5-2-1-3-6-14/h4-5,7-10,13H,1-3,6,11-12H2,(H,23,24)(H,25,26). The predicted octanol–water partition coefficient (Wildman–Crippen LogP) is 4.91. The molecule has 0 saturated carbocycles. The summed E-state index contributed by atoms with van der Waals surface area (Å²) >= 11 is 0. The highest BCUT2D eigenvalue weighted by molar-refractivity contribution is 6.04. The number of carbonyl (C=O) groups excluding carboxylic acids is 1. The lowest BCUT2D eigenvalue weighted by Gasteiger charge is -2.13.